The molecule has 3 N–H and O–H groups in total. The van der Waals surface area contributed by atoms with Gasteiger partial charge in [-0.2, -0.15) is 5.10 Å². The largest absolute Gasteiger partial charge is 0.383 e. The third-order valence-corrected chi connectivity index (χ3v) is 2.93. The number of nitrogens with two attached hydrogens (primary N) is 1. The molecule has 0 radical (unpaired) electrons. The van der Waals surface area contributed by atoms with Gasteiger partial charge in [0.05, 0.1) is 11.8 Å². The number of aromatic amines is 1. The van der Waals surface area contributed by atoms with Crippen LogP contribution in [0.15, 0.2) is 24.4 Å². The molecule has 0 amide bonds. The number of anilines is 1. The number of H-pyrrole nitrogens is 1. The third kappa shape index (κ3) is 2.60. The molecule has 2 rings (SSSR count). The van der Waals surface area contributed by atoms with E-state index in [1.54, 1.807) is 18.2 Å². The average Bonchev–Trinajstić information content (AvgIpc) is 2.70. The van der Waals surface area contributed by atoms with Crippen molar-refractivity contribution in [1.82, 2.24) is 10.2 Å². The van der Waals surface area contributed by atoms with Gasteiger partial charge in [0.15, 0.2) is 5.78 Å². The van der Waals surface area contributed by atoms with Crippen LogP contribution in [-0.2, 0) is 6.42 Å². The van der Waals surface area contributed by atoms with Crippen molar-refractivity contribution < 1.29 is 4.79 Å². The Morgan fingerprint density at radius 2 is 2.18 bits per heavy atom. The first-order valence-electron chi connectivity index (χ1n) is 4.84. The predicted octanol–water partition coefficient (Wildman–Crippen LogP) is 2.72. The Hall–Kier alpha value is -1.52. The Balaban J connectivity index is 2.24. The van der Waals surface area contributed by atoms with Crippen LogP contribution in [0.2, 0.25) is 10.0 Å². The Kier molecular flexibility index (Phi) is 3.36. The number of hydrogen-bond acceptors (Lipinski definition) is 3. The summed E-state index contributed by atoms with van der Waals surface area (Å²) in [4.78, 5) is 11.9. The Bertz CT molecular complexity index is 566. The van der Waals surface area contributed by atoms with Crippen LogP contribution in [0.25, 0.3) is 0 Å². The topological polar surface area (TPSA) is 71.8 Å². The molecule has 0 saturated carbocycles. The highest BCUT2D eigenvalue weighted by atomic mass is 35.5. The van der Waals surface area contributed by atoms with E-state index >= 15 is 0 Å². The van der Waals surface area contributed by atoms with Crippen molar-refractivity contribution in [3.05, 3.63) is 45.6 Å². The Labute approximate surface area is 108 Å². The van der Waals surface area contributed by atoms with Gasteiger partial charge < -0.3 is 5.73 Å². The van der Waals surface area contributed by atoms with Gasteiger partial charge in [-0.15, -0.1) is 0 Å². The van der Waals surface area contributed by atoms with Gasteiger partial charge >= 0.3 is 0 Å². The maximum atomic E-state index is 11.9. The number of aromatic nitrogens is 2. The van der Waals surface area contributed by atoms with Gasteiger partial charge in [-0.25, -0.2) is 0 Å². The van der Waals surface area contributed by atoms with Gasteiger partial charge in [0.25, 0.3) is 0 Å². The molecule has 0 unspecified atom stereocenters. The fraction of sp³-hybridized carbons (Fsp3) is 0.0909. The minimum atomic E-state index is -0.152. The van der Waals surface area contributed by atoms with Gasteiger partial charge in [-0.3, -0.25) is 9.89 Å². The van der Waals surface area contributed by atoms with Crippen molar-refractivity contribution in [2.24, 2.45) is 0 Å². The van der Waals surface area contributed by atoms with Crippen LogP contribution in [-0.4, -0.2) is 16.0 Å². The molecular weight excluding hydrogens is 261 g/mol. The van der Waals surface area contributed by atoms with Crippen LogP contribution >= 0.6 is 23.2 Å². The van der Waals surface area contributed by atoms with Crippen LogP contribution in [0.4, 0.5) is 5.82 Å². The van der Waals surface area contributed by atoms with E-state index in [9.17, 15) is 4.79 Å². The lowest BCUT2D eigenvalue weighted by Crippen LogP contribution is -2.05. The van der Waals surface area contributed by atoms with Gasteiger partial charge in [0, 0.05) is 16.5 Å². The lowest BCUT2D eigenvalue weighted by atomic mass is 10.1. The van der Waals surface area contributed by atoms with Crippen molar-refractivity contribution in [1.29, 1.82) is 0 Å². The van der Waals surface area contributed by atoms with Crippen molar-refractivity contribution in [2.45, 2.75) is 6.42 Å². The van der Waals surface area contributed by atoms with Gasteiger partial charge in [0.1, 0.15) is 5.82 Å². The van der Waals surface area contributed by atoms with Crippen LogP contribution in [0.1, 0.15) is 15.9 Å². The third-order valence-electron chi connectivity index (χ3n) is 2.33. The first kappa shape index (κ1) is 12.0. The molecule has 17 heavy (non-hydrogen) atoms. The second kappa shape index (κ2) is 4.77. The van der Waals surface area contributed by atoms with Crippen molar-refractivity contribution >= 4 is 34.8 Å². The second-order valence-electron chi connectivity index (χ2n) is 3.53. The summed E-state index contributed by atoms with van der Waals surface area (Å²) in [6.07, 6.45) is 1.54. The average molecular weight is 270 g/mol. The molecule has 0 fully saturated rings. The highest BCUT2D eigenvalue weighted by molar-refractivity contribution is 6.33. The van der Waals surface area contributed by atoms with Gasteiger partial charge in [-0.05, 0) is 23.8 Å². The monoisotopic (exact) mass is 269 g/mol. The number of benzene rings is 1. The molecule has 4 nitrogen and oxygen atoms in total. The van der Waals surface area contributed by atoms with E-state index < -0.39 is 0 Å². The molecule has 0 spiro atoms. The molecule has 2 aromatic rings. The summed E-state index contributed by atoms with van der Waals surface area (Å²) in [5.41, 5.74) is 6.60. The van der Waals surface area contributed by atoms with E-state index in [1.807, 2.05) is 0 Å². The standard InChI is InChI=1S/C11H9Cl2N3O/c12-7-1-2-9(13)6(3-7)4-10(17)8-5-15-16-11(8)14/h1-3,5H,4H2,(H3,14,15,16). The summed E-state index contributed by atoms with van der Waals surface area (Å²) in [6.45, 7) is 0. The highest BCUT2D eigenvalue weighted by Gasteiger charge is 2.14. The number of carbonyl (C=O) groups excluding carboxylic acids is 1. The zero-order valence-electron chi connectivity index (χ0n) is 8.71. The van der Waals surface area contributed by atoms with E-state index in [-0.39, 0.29) is 18.0 Å². The van der Waals surface area contributed by atoms with Crippen LogP contribution in [0, 0.1) is 0 Å². The lowest BCUT2D eigenvalue weighted by Gasteiger charge is -2.03. The number of halogens is 2. The smallest absolute Gasteiger partial charge is 0.172 e. The van der Waals surface area contributed by atoms with E-state index in [4.69, 9.17) is 28.9 Å². The number of hydrogen-bond donors (Lipinski definition) is 2. The van der Waals surface area contributed by atoms with Crippen molar-refractivity contribution in [3.8, 4) is 0 Å². The second-order valence-corrected chi connectivity index (χ2v) is 4.38. The van der Waals surface area contributed by atoms with E-state index in [0.717, 1.165) is 0 Å². The minimum Gasteiger partial charge on any atom is -0.383 e. The first-order valence-corrected chi connectivity index (χ1v) is 5.59. The van der Waals surface area contributed by atoms with Crippen LogP contribution in [0.3, 0.4) is 0 Å². The van der Waals surface area contributed by atoms with Crippen LogP contribution < -0.4 is 5.73 Å². The molecule has 0 saturated heterocycles. The molecule has 0 aliphatic carbocycles. The van der Waals surface area contributed by atoms with Crippen molar-refractivity contribution in [3.63, 3.8) is 0 Å². The summed E-state index contributed by atoms with van der Waals surface area (Å²) >= 11 is 11.8. The molecule has 0 atom stereocenters. The number of nitrogens with one attached hydrogen (secondary N) is 1. The highest BCUT2D eigenvalue weighted by Crippen LogP contribution is 2.22. The Morgan fingerprint density at radius 1 is 1.41 bits per heavy atom. The summed E-state index contributed by atoms with van der Waals surface area (Å²) in [5.74, 6) is 0.105. The Morgan fingerprint density at radius 3 is 2.82 bits per heavy atom. The predicted molar refractivity (Wildman–Crippen MR) is 67.5 cm³/mol. The van der Waals surface area contributed by atoms with E-state index in [2.05, 4.69) is 10.2 Å². The number of nitrogens with zero attached hydrogens (tertiary/aromatic N) is 1. The zero-order chi connectivity index (χ0) is 12.4. The number of Topliss-reactive ketones (excluding diaryl/α,β-unsaturated/α-hetero) is 1. The summed E-state index contributed by atoms with van der Waals surface area (Å²) < 4.78 is 0. The quantitative estimate of drug-likeness (QED) is 0.842. The summed E-state index contributed by atoms with van der Waals surface area (Å²) in [5, 5.41) is 7.25. The molecule has 0 aliphatic rings. The molecule has 1 heterocycles. The number of carbonyl (C=O) groups is 1. The fourth-order valence-electron chi connectivity index (χ4n) is 1.47. The summed E-state index contributed by atoms with van der Waals surface area (Å²) in [7, 11) is 0. The summed E-state index contributed by atoms with van der Waals surface area (Å²) in [6, 6.07) is 4.99. The first-order chi connectivity index (χ1) is 8.08. The molecule has 1 aromatic heterocycles. The van der Waals surface area contributed by atoms with Crippen molar-refractivity contribution in [2.75, 3.05) is 5.73 Å². The molecule has 0 bridgehead atoms. The van der Waals surface area contributed by atoms with Gasteiger partial charge in [-0.1, -0.05) is 23.2 Å². The molecule has 6 heteroatoms. The van der Waals surface area contributed by atoms with E-state index in [0.29, 0.717) is 21.2 Å². The lowest BCUT2D eigenvalue weighted by molar-refractivity contribution is 0.0994. The molecule has 1 aromatic carbocycles. The number of ketones is 1. The molecule has 88 valence electrons. The van der Waals surface area contributed by atoms with Gasteiger partial charge in [0.2, 0.25) is 0 Å². The zero-order valence-corrected chi connectivity index (χ0v) is 10.2. The normalized spacial score (nSPS) is 10.5. The maximum absolute atomic E-state index is 11.9. The maximum Gasteiger partial charge on any atom is 0.172 e. The SMILES string of the molecule is Nc1[nH]ncc1C(=O)Cc1cc(Cl)ccc1Cl. The van der Waals surface area contributed by atoms with E-state index in [1.165, 1.54) is 6.20 Å². The number of nitrogen functional groups attached to an aromatic ring is 1. The number of rotatable bonds is 3. The van der Waals surface area contributed by atoms with Crippen LogP contribution in [0.5, 0.6) is 0 Å². The molecule has 0 aliphatic heterocycles. The molecular formula is C11H9Cl2N3O. The minimum absolute atomic E-state index is 0.142. The fourth-order valence-corrected chi connectivity index (χ4v) is 1.84.